The Kier molecular flexibility index (Phi) is 35.1. The lowest BCUT2D eigenvalue weighted by Crippen LogP contribution is -2.50. The van der Waals surface area contributed by atoms with E-state index in [1.54, 1.807) is 45.9 Å². The number of piperidine rings is 1. The Hall–Kier alpha value is -13.8. The van der Waals surface area contributed by atoms with Crippen LogP contribution in [0.25, 0.3) is 0 Å². The summed E-state index contributed by atoms with van der Waals surface area (Å²) in [6.45, 7) is 19.5. The molecule has 6 aromatic rings. The number of amides is 11. The lowest BCUT2D eigenvalue weighted by Gasteiger charge is -2.32. The Bertz CT molecular complexity index is 6340. The number of hydrogen-bond acceptors (Lipinski definition) is 22. The van der Waals surface area contributed by atoms with Gasteiger partial charge in [0.25, 0.3) is 0 Å². The highest BCUT2D eigenvalue weighted by Gasteiger charge is 2.53. The predicted molar refractivity (Wildman–Crippen MR) is 563 cm³/mol. The van der Waals surface area contributed by atoms with Crippen molar-refractivity contribution in [1.29, 1.82) is 0 Å². The Labute approximate surface area is 882 Å². The summed E-state index contributed by atoms with van der Waals surface area (Å²) < 4.78 is 16.6. The van der Waals surface area contributed by atoms with E-state index in [1.807, 2.05) is 169 Å². The molecule has 0 radical (unpaired) electrons. The monoisotopic (exact) mass is 2110 g/mol. The van der Waals surface area contributed by atoms with Crippen molar-refractivity contribution in [2.24, 2.45) is 72.4 Å². The number of hydrogen-bond donors (Lipinski definition) is 0. The van der Waals surface area contributed by atoms with Crippen LogP contribution in [0.3, 0.4) is 0 Å². The molecular weight excluding hydrogens is 1990 g/mol. The standard InChI is InChI=1S/C20H22ClN3O2.C19H21N3O3.C19H21N3O2.C18H18BrN3O2.C18H20ClN3O3.C18H19N3O3/c1-23-10-7-15(8-11-23)19(25)24-12-9-17-18(22-26-20(17)24)6-5-14-3-2-4-16(21)13-14;1-14-3-2-4-15(13-14)5-6-17-16-7-8-22(18(16)25-20-17)19(23)21-9-11-24-12-10-21;1-14-5-4-6-15(13-14)7-8-17-16-9-12-22(18(16)24-20-17)19(23)21-10-2-3-11-21;19-14-5-3-4-13(12-14)6-7-16-15-8-11-22(17(15)24-20-16)18(23)21-9-1-2-10-21;1-21(10-11-24-2)18(23)22-9-8-15-16(20-25-17(15)22)7-6-13-4-3-5-14(19)12-13;22-18(20-10-12-23-13-11-20)21-9-8-15-16(19-24-17(15)21)7-6-14-4-2-1-3-5-14/h2-4,13,15,17,20H,7-12H2,1H3;2-4,13,16,18H,7-12H2,1H3;4-6,13,16,18H,2-3,9-12H2,1H3;3-5,12,15,17H,1-2,8-11H2;3-5,12,15,17H,8-11H2,1-2H3;1-5,15,17H,8-13H2. The lowest BCUT2D eigenvalue weighted by atomic mass is 9.95. The van der Waals surface area contributed by atoms with Crippen LogP contribution >= 0.6 is 39.1 Å². The van der Waals surface area contributed by atoms with Crippen LogP contribution in [0, 0.1) is 126 Å². The van der Waals surface area contributed by atoms with E-state index in [1.165, 1.54) is 11.1 Å². The maximum atomic E-state index is 12.9. The third kappa shape index (κ3) is 25.6. The fourth-order valence-electron chi connectivity index (χ4n) is 20.6. The fraction of sp³-hybridized carbons (Fsp3) is 0.464. The molecule has 148 heavy (non-hydrogen) atoms. The first kappa shape index (κ1) is 104. The van der Waals surface area contributed by atoms with E-state index < -0.39 is 0 Å². The third-order valence-corrected chi connectivity index (χ3v) is 29.8. The molecule has 12 unspecified atom stereocenters. The van der Waals surface area contributed by atoms with E-state index >= 15 is 0 Å². The number of rotatable bonds is 4. The quantitative estimate of drug-likeness (QED) is 0.148. The number of urea groups is 5. The number of aryl methyl sites for hydroxylation is 2. The number of nitrogens with zero attached hydrogens (tertiary/aromatic N) is 18. The van der Waals surface area contributed by atoms with Gasteiger partial charge in [-0.15, -0.1) is 0 Å². The normalized spacial score (nSPS) is 24.5. The Morgan fingerprint density at radius 3 is 0.993 bits per heavy atom. The zero-order valence-corrected chi connectivity index (χ0v) is 86.9. The van der Waals surface area contributed by atoms with Gasteiger partial charge in [-0.1, -0.05) is 166 Å². The molecule has 0 aromatic heterocycles. The fourth-order valence-corrected chi connectivity index (χ4v) is 21.4. The molecule has 17 aliphatic heterocycles. The summed E-state index contributed by atoms with van der Waals surface area (Å²) in [6.07, 6.45) is 9.39. The van der Waals surface area contributed by atoms with Crippen molar-refractivity contribution in [3.05, 3.63) is 211 Å². The van der Waals surface area contributed by atoms with E-state index in [0.29, 0.717) is 108 Å². The van der Waals surface area contributed by atoms with Crippen molar-refractivity contribution >= 4 is 109 Å². The van der Waals surface area contributed by atoms with Crippen LogP contribution in [0.2, 0.25) is 10.0 Å². The number of benzene rings is 6. The molecule has 11 fully saturated rings. The second kappa shape index (κ2) is 49.8. The minimum atomic E-state index is -0.374. The van der Waals surface area contributed by atoms with Gasteiger partial charge in [0.1, 0.15) is 34.3 Å². The van der Waals surface area contributed by atoms with Gasteiger partial charge >= 0.3 is 30.2 Å². The minimum absolute atomic E-state index is 0.0123. The molecule has 0 saturated carbocycles. The number of methoxy groups -OCH3 is 1. The maximum absolute atomic E-state index is 12.9. The molecule has 17 heterocycles. The van der Waals surface area contributed by atoms with E-state index in [2.05, 4.69) is 149 Å². The van der Waals surface area contributed by atoms with Gasteiger partial charge in [0.15, 0.2) is 0 Å². The van der Waals surface area contributed by atoms with Gasteiger partial charge in [-0.25, -0.2) is 24.0 Å². The summed E-state index contributed by atoms with van der Waals surface area (Å²) >= 11 is 15.4. The zero-order chi connectivity index (χ0) is 103. The first-order valence-electron chi connectivity index (χ1n) is 51.1. The molecule has 12 atom stereocenters. The summed E-state index contributed by atoms with van der Waals surface area (Å²) in [7, 11) is 5.47. The van der Waals surface area contributed by atoms with Crippen molar-refractivity contribution in [1.82, 2.24) is 58.8 Å². The number of oxime groups is 6. The Balaban J connectivity index is 0.000000116. The van der Waals surface area contributed by atoms with Crippen molar-refractivity contribution in [3.8, 4) is 71.0 Å². The van der Waals surface area contributed by atoms with E-state index in [9.17, 15) is 28.8 Å². The minimum Gasteiger partial charge on any atom is -0.383 e. The van der Waals surface area contributed by atoms with Crippen LogP contribution in [0.15, 0.2) is 187 Å². The molecule has 33 nitrogen and oxygen atoms in total. The summed E-state index contributed by atoms with van der Waals surface area (Å²) in [5, 5.41) is 26.1. The van der Waals surface area contributed by atoms with Gasteiger partial charge in [-0.05, 0) is 249 Å². The van der Waals surface area contributed by atoms with Crippen LogP contribution in [-0.2, 0) is 48.0 Å². The first-order valence-corrected chi connectivity index (χ1v) is 52.6. The molecule has 23 rings (SSSR count). The summed E-state index contributed by atoms with van der Waals surface area (Å²) in [5.41, 5.74) is 12.2. The highest BCUT2D eigenvalue weighted by atomic mass is 79.9. The Morgan fingerprint density at radius 1 is 0.351 bits per heavy atom. The van der Waals surface area contributed by atoms with Crippen molar-refractivity contribution < 1.29 is 72.0 Å². The zero-order valence-electron chi connectivity index (χ0n) is 83.8. The molecule has 0 N–H and O–H groups in total. The van der Waals surface area contributed by atoms with E-state index in [0.717, 1.165) is 196 Å². The largest absolute Gasteiger partial charge is 0.383 e. The van der Waals surface area contributed by atoms with Gasteiger partial charge < -0.3 is 77.5 Å². The number of likely N-dealkylation sites (N-methyl/N-ethyl adjacent to an activating group) is 1. The van der Waals surface area contributed by atoms with Crippen molar-refractivity contribution in [3.63, 3.8) is 0 Å². The van der Waals surface area contributed by atoms with Gasteiger partial charge in [0.2, 0.25) is 43.3 Å². The van der Waals surface area contributed by atoms with Crippen LogP contribution in [-0.4, -0.2) is 332 Å². The lowest BCUT2D eigenvalue weighted by molar-refractivity contribution is -0.147. The smallest absolute Gasteiger partial charge is 0.323 e. The number of halogens is 3. The molecule has 770 valence electrons. The van der Waals surface area contributed by atoms with E-state index in [4.69, 9.17) is 66.4 Å². The third-order valence-electron chi connectivity index (χ3n) is 28.8. The van der Waals surface area contributed by atoms with Gasteiger partial charge in [-0.2, -0.15) is 0 Å². The molecule has 0 bridgehead atoms. The van der Waals surface area contributed by atoms with Crippen LogP contribution in [0.5, 0.6) is 0 Å². The SMILES string of the molecule is CN1CCC(C(=O)N2CCC3C(C#Cc4cccc(Cl)c4)=NOC32)CC1.COCCN(C)C(=O)N1CCC2C(C#Cc3cccc(Cl)c3)=NOC21.Cc1cccc(C#CC2=NOC3C2CCN3C(=O)N2CCCC2)c1.Cc1cccc(C#CC2=NOC3C2CCN3C(=O)N2CCOCC2)c1.O=C(N1CCCC1)N1CCC2C(C#Cc3cccc(Br)c3)=NOC21.O=C(N1CCOCC1)N1CCC2C(C#Cc3ccccc3)=NOC21. The van der Waals surface area contributed by atoms with Crippen LogP contribution in [0.4, 0.5) is 24.0 Å². The number of ether oxygens (including phenoxy) is 3. The number of carbonyl (C=O) groups is 6. The maximum Gasteiger partial charge on any atom is 0.323 e. The van der Waals surface area contributed by atoms with Gasteiger partial charge in [0, 0.05) is 166 Å². The average Bonchev–Trinajstić information content (AvgIpc) is 1.66. The molecule has 11 saturated heterocycles. The predicted octanol–water partition coefficient (Wildman–Crippen LogP) is 14.0. The number of morpholine rings is 2. The van der Waals surface area contributed by atoms with Crippen molar-refractivity contribution in [2.45, 2.75) is 128 Å². The summed E-state index contributed by atoms with van der Waals surface area (Å²) in [5.74, 6) is 38.2. The Morgan fingerprint density at radius 2 is 0.649 bits per heavy atom. The van der Waals surface area contributed by atoms with Crippen LogP contribution in [0.1, 0.15) is 122 Å². The van der Waals surface area contributed by atoms with Crippen molar-refractivity contribution in [2.75, 3.05) is 166 Å². The summed E-state index contributed by atoms with van der Waals surface area (Å²) in [6, 6.07) is 48.7. The topological polar surface area (TPSA) is 299 Å². The number of fused-ring (bicyclic) bond motifs is 6. The molecule has 6 aromatic carbocycles. The first-order chi connectivity index (χ1) is 72.2. The second-order valence-corrected chi connectivity index (χ2v) is 40.6. The molecule has 0 aliphatic carbocycles. The average molecular weight is 2110 g/mol. The number of likely N-dealkylation sites (tertiary alicyclic amines) is 9. The number of carbonyl (C=O) groups excluding carboxylic acids is 6. The van der Waals surface area contributed by atoms with Crippen LogP contribution < -0.4 is 0 Å². The second-order valence-electron chi connectivity index (χ2n) is 38.8. The molecule has 11 amide bonds. The van der Waals surface area contributed by atoms with Gasteiger partial charge in [0.05, 0.1) is 68.5 Å². The highest BCUT2D eigenvalue weighted by molar-refractivity contribution is 9.10. The van der Waals surface area contributed by atoms with Gasteiger partial charge in [-0.3, -0.25) is 29.3 Å². The summed E-state index contributed by atoms with van der Waals surface area (Å²) in [4.78, 5) is 131. The highest BCUT2D eigenvalue weighted by Crippen LogP contribution is 2.40. The molecular formula is C112H121BrCl2N18O15. The molecule has 36 heteroatoms. The molecule has 0 spiro atoms. The molecule has 17 aliphatic rings. The van der Waals surface area contributed by atoms with E-state index in [-0.39, 0.29) is 115 Å².